The van der Waals surface area contributed by atoms with Crippen LogP contribution in [0.4, 0.5) is 37.0 Å². The lowest BCUT2D eigenvalue weighted by atomic mass is 9.54. The minimum Gasteiger partial charge on any atom is -0.490 e. The normalized spacial score (nSPS) is 20.7. The van der Waals surface area contributed by atoms with E-state index in [4.69, 9.17) is 14.5 Å². The van der Waals surface area contributed by atoms with Gasteiger partial charge in [-0.25, -0.2) is 53.0 Å². The molecule has 4 heterocycles. The van der Waals surface area contributed by atoms with Gasteiger partial charge in [0, 0.05) is 33.1 Å². The van der Waals surface area contributed by atoms with Gasteiger partial charge in [-0.2, -0.15) is 21.0 Å². The van der Waals surface area contributed by atoms with Crippen molar-refractivity contribution in [3.63, 3.8) is 0 Å². The fourth-order valence-electron chi connectivity index (χ4n) is 16.4. The number of hydrogen-bond acceptors (Lipinski definition) is 19. The van der Waals surface area contributed by atoms with Crippen LogP contribution in [0.15, 0.2) is 134 Å². The van der Waals surface area contributed by atoms with Crippen molar-refractivity contribution in [2.24, 2.45) is 63.1 Å². The lowest BCUT2D eigenvalue weighted by Gasteiger charge is -2.51. The molecule has 0 unspecified atom stereocenters. The van der Waals surface area contributed by atoms with Crippen molar-refractivity contribution in [1.29, 1.82) is 21.0 Å². The summed E-state index contributed by atoms with van der Waals surface area (Å²) in [7, 11) is 0. The van der Waals surface area contributed by atoms with E-state index in [2.05, 4.69) is 193 Å². The van der Waals surface area contributed by atoms with Gasteiger partial charge in [0.15, 0.2) is 6.61 Å². The van der Waals surface area contributed by atoms with E-state index in [1.165, 1.54) is 57.1 Å². The van der Waals surface area contributed by atoms with E-state index < -0.39 is 18.2 Å². The predicted octanol–water partition coefficient (Wildman–Crippen LogP) is 20.1. The molecule has 8 aromatic rings. The number of hydrogen-bond donors (Lipinski definition) is 5. The van der Waals surface area contributed by atoms with Crippen LogP contribution < -0.4 is 30.7 Å². The Labute approximate surface area is 699 Å². The minimum absolute atomic E-state index is 0.0190. The Kier molecular flexibility index (Phi) is 32.9. The third-order valence-corrected chi connectivity index (χ3v) is 25.1. The molecule has 4 fully saturated rings. The molecule has 0 radical (unpaired) electrons. The van der Waals surface area contributed by atoms with Crippen LogP contribution in [0.5, 0.6) is 11.5 Å². The van der Waals surface area contributed by atoms with E-state index in [-0.39, 0.29) is 18.1 Å². The van der Waals surface area contributed by atoms with Crippen LogP contribution in [0.25, 0.3) is 0 Å². The molecule has 0 saturated heterocycles. The molecular weight excluding hydrogens is 1480 g/mol. The third-order valence-electron chi connectivity index (χ3n) is 25.1. The number of benzene rings is 4. The summed E-state index contributed by atoms with van der Waals surface area (Å²) >= 11 is 0. The number of nitrogens with one attached hydrogen (secondary N) is 4. The van der Waals surface area contributed by atoms with Crippen LogP contribution in [-0.2, 0) is 51.4 Å². The summed E-state index contributed by atoms with van der Waals surface area (Å²) in [6.07, 6.45) is 23.6. The average molecular weight is 1610 g/mol. The second kappa shape index (κ2) is 42.4. The second-order valence-corrected chi connectivity index (χ2v) is 36.7. The molecule has 0 amide bonds. The molecule has 4 saturated carbocycles. The van der Waals surface area contributed by atoms with E-state index in [0.29, 0.717) is 129 Å². The number of nitriles is 4. The monoisotopic (exact) mass is 1610 g/mol. The maximum Gasteiger partial charge on any atom is 0.278 e. The molecule has 4 aliphatic rings. The van der Waals surface area contributed by atoms with Crippen LogP contribution in [0, 0.1) is 108 Å². The Morgan fingerprint density at radius 1 is 0.432 bits per heavy atom. The first kappa shape index (κ1) is 91.6. The van der Waals surface area contributed by atoms with Crippen molar-refractivity contribution < 1.29 is 27.8 Å². The van der Waals surface area contributed by atoms with Gasteiger partial charge >= 0.3 is 0 Å². The standard InChI is InChI=1S/C26H34F2N4O.C26H35FN4O2.C23H30N4.C21H26N4/c1-18-9-10-19(14-25(18,2)3)13-22-21(15-29)16-31-24(32-22)30-12-11-20-7-5-6-8-23(20)33-17-26(4,27)28;1-25(2)14-19(7-10-23(25)32)13-22-20(15-28)16-30-24(31-22)29-12-11-18-5-8-21(9-6-18)33-17-26(3,4)27;1-17-9-10-19(14-23(17,2)3)13-21-20(15-24)16-26-22(27-21)25-12-11-18-7-5-4-6-8-18;1-15-11-18(21(15,2)3)12-19-17(13-22)14-24-20(25-19)23-10-9-16-7-5-4-6-8-16/h5-8,16,18-19H,9-14,17H2,1-4H3,(H,30,31,32);5-6,8-9,16,19,23,32H,7,10-14,17H2,1-4H3,(H,29,30,31);4-8,16-17,19H,9-14H2,1-3H3,(H,25,26,27);4-8,14-15,18H,9-12H2,1-3H3,(H,23,24,25)/t18-,19-;19-,23-;17-,19-;15-,18-/m0000/s1. The van der Waals surface area contributed by atoms with Crippen molar-refractivity contribution in [3.05, 3.63) is 201 Å². The lowest BCUT2D eigenvalue weighted by Crippen LogP contribution is -2.44. The van der Waals surface area contributed by atoms with E-state index in [1.807, 2.05) is 60.7 Å². The fraction of sp³-hybridized carbons (Fsp3) is 0.542. The van der Waals surface area contributed by atoms with E-state index >= 15 is 0 Å². The van der Waals surface area contributed by atoms with Gasteiger partial charge in [-0.05, 0) is 233 Å². The number of ether oxygens (including phenoxy) is 2. The molecule has 4 aromatic carbocycles. The van der Waals surface area contributed by atoms with Crippen molar-refractivity contribution in [2.45, 2.75) is 230 Å². The molecule has 0 aliphatic heterocycles. The highest BCUT2D eigenvalue weighted by molar-refractivity contribution is 5.42. The van der Waals surface area contributed by atoms with Gasteiger partial charge in [0.2, 0.25) is 23.8 Å². The first-order chi connectivity index (χ1) is 56.1. The van der Waals surface area contributed by atoms with Gasteiger partial charge in [0.25, 0.3) is 5.92 Å². The molecular formula is C96H125F3N16O3. The van der Waals surface area contributed by atoms with Gasteiger partial charge in [-0.3, -0.25) is 0 Å². The molecule has 12 rings (SSSR count). The first-order valence-corrected chi connectivity index (χ1v) is 42.4. The second-order valence-electron chi connectivity index (χ2n) is 36.7. The summed E-state index contributed by atoms with van der Waals surface area (Å²) in [5, 5.41) is 61.1. The maximum absolute atomic E-state index is 13.6. The van der Waals surface area contributed by atoms with E-state index in [0.717, 1.165) is 136 Å². The number of para-hydroxylation sites is 1. The van der Waals surface area contributed by atoms with Crippen molar-refractivity contribution in [2.75, 3.05) is 60.7 Å². The number of rotatable bonds is 30. The highest BCUT2D eigenvalue weighted by Crippen LogP contribution is 2.52. The van der Waals surface area contributed by atoms with Crippen LogP contribution in [0.2, 0.25) is 0 Å². The minimum atomic E-state index is -2.89. The zero-order chi connectivity index (χ0) is 85.3. The predicted molar refractivity (Wildman–Crippen MR) is 462 cm³/mol. The molecule has 4 aliphatic carbocycles. The van der Waals surface area contributed by atoms with E-state index in [9.17, 15) is 39.3 Å². The average Bonchev–Trinajstić information content (AvgIpc) is 0.768. The number of aromatic nitrogens is 8. The Morgan fingerprint density at radius 3 is 1.16 bits per heavy atom. The van der Waals surface area contributed by atoms with Gasteiger partial charge in [0.1, 0.15) is 48.1 Å². The number of aliphatic hydroxyl groups excluding tert-OH is 1. The number of anilines is 4. The lowest BCUT2D eigenvalue weighted by molar-refractivity contribution is -0.0232. The molecule has 628 valence electrons. The van der Waals surface area contributed by atoms with Gasteiger partial charge in [0.05, 0.1) is 75.9 Å². The zero-order valence-electron chi connectivity index (χ0n) is 72.1. The van der Waals surface area contributed by atoms with Crippen LogP contribution in [0.3, 0.4) is 0 Å². The van der Waals surface area contributed by atoms with Crippen LogP contribution in [-0.4, -0.2) is 102 Å². The topological polar surface area (TPSA) is 285 Å². The molecule has 8 atom stereocenters. The molecule has 22 heteroatoms. The quantitative estimate of drug-likeness (QED) is 0.0280. The molecule has 0 bridgehead atoms. The Hall–Kier alpha value is -10.3. The summed E-state index contributed by atoms with van der Waals surface area (Å²) in [5.41, 5.74) is 9.59. The Morgan fingerprint density at radius 2 is 0.797 bits per heavy atom. The van der Waals surface area contributed by atoms with Gasteiger partial charge in [-0.1, -0.05) is 167 Å². The Balaban J connectivity index is 0.000000180. The largest absolute Gasteiger partial charge is 0.490 e. The van der Waals surface area contributed by atoms with Crippen molar-refractivity contribution >= 4 is 23.8 Å². The van der Waals surface area contributed by atoms with Crippen molar-refractivity contribution in [1.82, 2.24) is 39.9 Å². The molecule has 5 N–H and O–H groups in total. The summed E-state index contributed by atoms with van der Waals surface area (Å²) in [4.78, 5) is 35.8. The third kappa shape index (κ3) is 28.2. The SMILES string of the molecule is CC(C)(F)COc1ccc(CCNc2ncc(C#N)c(C[C@@H]3CC[C@H](O)C(C)(C)C3)n2)cc1.C[C@H]1CC[C@@H](Cc2nc(NCCc3ccccc3)ncc2C#N)CC1(C)C.C[C@H]1CC[C@@H](Cc2nc(NCCc3ccccc3OCC(C)(F)F)ncc2C#N)CC1(C)C.C[C@H]1C[C@@H](Cc2nc(NCCc3ccccc3)ncc2C#N)C1(C)C. The molecule has 118 heavy (non-hydrogen) atoms. The molecule has 4 aromatic heterocycles. The van der Waals surface area contributed by atoms with Crippen molar-refractivity contribution in [3.8, 4) is 35.8 Å². The smallest absolute Gasteiger partial charge is 0.278 e. The zero-order valence-corrected chi connectivity index (χ0v) is 72.1. The number of alkyl halides is 3. The first-order valence-electron chi connectivity index (χ1n) is 42.4. The molecule has 19 nitrogen and oxygen atoms in total. The van der Waals surface area contributed by atoms with Crippen LogP contribution >= 0.6 is 0 Å². The summed E-state index contributed by atoms with van der Waals surface area (Å²) < 4.78 is 50.7. The highest BCUT2D eigenvalue weighted by atomic mass is 19.3. The summed E-state index contributed by atoms with van der Waals surface area (Å²) in [6, 6.07) is 44.5. The number of halogens is 3. The number of aliphatic hydroxyl groups is 1. The summed E-state index contributed by atoms with van der Waals surface area (Å²) in [5.74, 6) is 4.72. The number of nitrogens with zero attached hydrogens (tertiary/aromatic N) is 12. The van der Waals surface area contributed by atoms with Gasteiger partial charge < -0.3 is 35.8 Å². The van der Waals surface area contributed by atoms with Gasteiger partial charge in [-0.15, -0.1) is 0 Å². The van der Waals surface area contributed by atoms with Crippen LogP contribution in [0.1, 0.15) is 228 Å². The Bertz CT molecular complexity index is 4680. The maximum atomic E-state index is 13.6. The fourth-order valence-corrected chi connectivity index (χ4v) is 16.4. The summed E-state index contributed by atoms with van der Waals surface area (Å²) in [6.45, 7) is 31.1. The highest BCUT2D eigenvalue weighted by Gasteiger charge is 2.45. The molecule has 0 spiro atoms. The van der Waals surface area contributed by atoms with E-state index in [1.54, 1.807) is 36.9 Å².